The number of anilines is 1. The molecule has 0 saturated carbocycles. The SMILES string of the molecule is Oc1cccc2c1CCCC2N1CCCc2ccccc21. The van der Waals surface area contributed by atoms with Crippen LogP contribution in [0.1, 0.15) is 42.0 Å². The third-order valence-electron chi connectivity index (χ3n) is 4.97. The van der Waals surface area contributed by atoms with Gasteiger partial charge in [0.25, 0.3) is 0 Å². The third kappa shape index (κ3) is 2.10. The fourth-order valence-corrected chi connectivity index (χ4v) is 4.01. The van der Waals surface area contributed by atoms with Crippen molar-refractivity contribution in [1.29, 1.82) is 0 Å². The zero-order valence-corrected chi connectivity index (χ0v) is 12.3. The fraction of sp³-hybridized carbons (Fsp3) is 0.368. The lowest BCUT2D eigenvalue weighted by Crippen LogP contribution is -2.35. The van der Waals surface area contributed by atoms with Crippen LogP contribution >= 0.6 is 0 Å². The Morgan fingerprint density at radius 3 is 2.81 bits per heavy atom. The molecule has 0 saturated heterocycles. The van der Waals surface area contributed by atoms with Crippen LogP contribution in [0.25, 0.3) is 0 Å². The highest BCUT2D eigenvalue weighted by molar-refractivity contribution is 5.58. The van der Waals surface area contributed by atoms with Crippen molar-refractivity contribution in [2.45, 2.75) is 38.1 Å². The van der Waals surface area contributed by atoms with Gasteiger partial charge < -0.3 is 10.0 Å². The molecule has 4 rings (SSSR count). The first-order valence-electron chi connectivity index (χ1n) is 8.00. The van der Waals surface area contributed by atoms with Crippen molar-refractivity contribution in [3.63, 3.8) is 0 Å². The van der Waals surface area contributed by atoms with E-state index in [1.165, 1.54) is 36.1 Å². The van der Waals surface area contributed by atoms with Crippen molar-refractivity contribution in [2.24, 2.45) is 0 Å². The molecule has 1 aliphatic heterocycles. The average Bonchev–Trinajstić information content (AvgIpc) is 2.54. The zero-order valence-electron chi connectivity index (χ0n) is 12.3. The zero-order chi connectivity index (χ0) is 14.2. The Labute approximate surface area is 126 Å². The van der Waals surface area contributed by atoms with E-state index in [-0.39, 0.29) is 0 Å². The van der Waals surface area contributed by atoms with Gasteiger partial charge in [-0.25, -0.2) is 0 Å². The summed E-state index contributed by atoms with van der Waals surface area (Å²) in [5.74, 6) is 0.475. The Balaban J connectivity index is 1.78. The first-order valence-corrected chi connectivity index (χ1v) is 8.00. The van der Waals surface area contributed by atoms with Gasteiger partial charge in [0.1, 0.15) is 5.75 Å². The van der Waals surface area contributed by atoms with Crippen molar-refractivity contribution in [3.8, 4) is 5.75 Å². The Bertz CT molecular complexity index is 664. The van der Waals surface area contributed by atoms with Gasteiger partial charge >= 0.3 is 0 Å². The van der Waals surface area contributed by atoms with E-state index in [1.54, 1.807) is 0 Å². The summed E-state index contributed by atoms with van der Waals surface area (Å²) >= 11 is 0. The summed E-state index contributed by atoms with van der Waals surface area (Å²) in [6, 6.07) is 15.2. The molecule has 2 heteroatoms. The number of aromatic hydroxyl groups is 1. The van der Waals surface area contributed by atoms with Gasteiger partial charge in [-0.05, 0) is 60.9 Å². The van der Waals surface area contributed by atoms with Crippen LogP contribution in [-0.4, -0.2) is 11.7 Å². The number of para-hydroxylation sites is 1. The van der Waals surface area contributed by atoms with E-state index in [0.29, 0.717) is 11.8 Å². The van der Waals surface area contributed by atoms with Gasteiger partial charge in [-0.3, -0.25) is 0 Å². The normalized spacial score (nSPS) is 20.8. The van der Waals surface area contributed by atoms with Crippen LogP contribution in [0.15, 0.2) is 42.5 Å². The first-order chi connectivity index (χ1) is 10.3. The lowest BCUT2D eigenvalue weighted by atomic mass is 9.85. The summed E-state index contributed by atoms with van der Waals surface area (Å²) in [5.41, 5.74) is 5.36. The maximum atomic E-state index is 10.1. The van der Waals surface area contributed by atoms with Gasteiger partial charge in [-0.1, -0.05) is 30.3 Å². The summed E-state index contributed by atoms with van der Waals surface area (Å²) in [5, 5.41) is 10.1. The molecule has 21 heavy (non-hydrogen) atoms. The van der Waals surface area contributed by atoms with Crippen LogP contribution < -0.4 is 4.90 Å². The lowest BCUT2D eigenvalue weighted by molar-refractivity contribution is 0.447. The molecule has 1 heterocycles. The minimum absolute atomic E-state index is 0.419. The summed E-state index contributed by atoms with van der Waals surface area (Å²) in [7, 11) is 0. The second-order valence-electron chi connectivity index (χ2n) is 6.18. The van der Waals surface area contributed by atoms with Crippen LogP contribution in [0.3, 0.4) is 0 Å². The van der Waals surface area contributed by atoms with Crippen LogP contribution in [0, 0.1) is 0 Å². The van der Waals surface area contributed by atoms with Crippen LogP contribution in [0.4, 0.5) is 5.69 Å². The van der Waals surface area contributed by atoms with E-state index in [9.17, 15) is 5.11 Å². The number of hydrogen-bond acceptors (Lipinski definition) is 2. The van der Waals surface area contributed by atoms with Crippen LogP contribution in [0.2, 0.25) is 0 Å². The number of hydrogen-bond donors (Lipinski definition) is 1. The number of aryl methyl sites for hydroxylation is 1. The molecule has 1 unspecified atom stereocenters. The van der Waals surface area contributed by atoms with E-state index in [0.717, 1.165) is 24.9 Å². The molecular formula is C19H21NO. The molecule has 0 spiro atoms. The first kappa shape index (κ1) is 12.8. The molecule has 0 aromatic heterocycles. The lowest BCUT2D eigenvalue weighted by Gasteiger charge is -2.41. The monoisotopic (exact) mass is 279 g/mol. The van der Waals surface area contributed by atoms with Crippen LogP contribution in [0.5, 0.6) is 5.75 Å². The summed E-state index contributed by atoms with van der Waals surface area (Å²) in [6.45, 7) is 1.12. The van der Waals surface area contributed by atoms with Crippen molar-refractivity contribution < 1.29 is 5.11 Å². The molecular weight excluding hydrogens is 258 g/mol. The Morgan fingerprint density at radius 1 is 0.952 bits per heavy atom. The van der Waals surface area contributed by atoms with Crippen LogP contribution in [-0.2, 0) is 12.8 Å². The molecule has 0 bridgehead atoms. The topological polar surface area (TPSA) is 23.5 Å². The molecule has 0 amide bonds. The molecule has 1 aliphatic carbocycles. The van der Waals surface area contributed by atoms with E-state index in [2.05, 4.69) is 35.2 Å². The molecule has 2 aromatic rings. The maximum absolute atomic E-state index is 10.1. The largest absolute Gasteiger partial charge is 0.508 e. The molecule has 1 atom stereocenters. The molecule has 0 radical (unpaired) electrons. The Kier molecular flexibility index (Phi) is 3.10. The average molecular weight is 279 g/mol. The van der Waals surface area contributed by atoms with Gasteiger partial charge in [0.15, 0.2) is 0 Å². The molecule has 108 valence electrons. The maximum Gasteiger partial charge on any atom is 0.119 e. The van der Waals surface area contributed by atoms with Crippen molar-refractivity contribution in [3.05, 3.63) is 59.2 Å². The standard InChI is InChI=1S/C19H21NO/c21-19-12-4-8-15-16(19)9-3-11-18(15)20-13-5-7-14-6-1-2-10-17(14)20/h1-2,4,6,8,10,12,18,21H,3,5,7,9,11,13H2. The van der Waals surface area contributed by atoms with Crippen molar-refractivity contribution >= 4 is 5.69 Å². The smallest absolute Gasteiger partial charge is 0.119 e. The molecule has 1 N–H and O–H groups in total. The van der Waals surface area contributed by atoms with E-state index >= 15 is 0 Å². The summed E-state index contributed by atoms with van der Waals surface area (Å²) in [6.07, 6.45) is 5.76. The van der Waals surface area contributed by atoms with Gasteiger partial charge in [0, 0.05) is 12.2 Å². The third-order valence-corrected chi connectivity index (χ3v) is 4.97. The quantitative estimate of drug-likeness (QED) is 0.844. The predicted octanol–water partition coefficient (Wildman–Crippen LogP) is 4.22. The summed E-state index contributed by atoms with van der Waals surface area (Å²) in [4.78, 5) is 2.57. The van der Waals surface area contributed by atoms with E-state index in [1.807, 2.05) is 12.1 Å². The van der Waals surface area contributed by atoms with Gasteiger partial charge in [0.2, 0.25) is 0 Å². The second kappa shape index (κ2) is 5.10. The van der Waals surface area contributed by atoms with Crippen molar-refractivity contribution in [1.82, 2.24) is 0 Å². The fourth-order valence-electron chi connectivity index (χ4n) is 4.01. The molecule has 2 aliphatic rings. The minimum Gasteiger partial charge on any atom is -0.508 e. The predicted molar refractivity (Wildman–Crippen MR) is 85.9 cm³/mol. The Morgan fingerprint density at radius 2 is 1.86 bits per heavy atom. The van der Waals surface area contributed by atoms with E-state index < -0.39 is 0 Å². The van der Waals surface area contributed by atoms with Gasteiger partial charge in [0.05, 0.1) is 6.04 Å². The number of rotatable bonds is 1. The minimum atomic E-state index is 0.419. The second-order valence-corrected chi connectivity index (χ2v) is 6.18. The number of phenols is 1. The number of fused-ring (bicyclic) bond motifs is 2. The molecule has 2 aromatic carbocycles. The number of benzene rings is 2. The summed E-state index contributed by atoms with van der Waals surface area (Å²) < 4.78 is 0. The Hall–Kier alpha value is -1.96. The van der Waals surface area contributed by atoms with Crippen molar-refractivity contribution in [2.75, 3.05) is 11.4 Å². The highest BCUT2D eigenvalue weighted by Gasteiger charge is 2.29. The van der Waals surface area contributed by atoms with Gasteiger partial charge in [-0.15, -0.1) is 0 Å². The van der Waals surface area contributed by atoms with Gasteiger partial charge in [-0.2, -0.15) is 0 Å². The highest BCUT2D eigenvalue weighted by atomic mass is 16.3. The highest BCUT2D eigenvalue weighted by Crippen LogP contribution is 2.42. The number of phenolic OH excluding ortho intramolecular Hbond substituents is 1. The molecule has 0 fully saturated rings. The molecule has 2 nitrogen and oxygen atoms in total. The van der Waals surface area contributed by atoms with E-state index in [4.69, 9.17) is 0 Å². The number of nitrogens with zero attached hydrogens (tertiary/aromatic N) is 1.